The summed E-state index contributed by atoms with van der Waals surface area (Å²) in [5.41, 5.74) is 0.781. The number of rotatable bonds is 3. The number of ketones is 1. The summed E-state index contributed by atoms with van der Waals surface area (Å²) in [6.45, 7) is 0.346. The average Bonchev–Trinajstić information content (AvgIpc) is 2.61. The average molecular weight is 396 g/mol. The number of hydrogen-bond donors (Lipinski definition) is 0. The second kappa shape index (κ2) is 8.01. The van der Waals surface area contributed by atoms with Crippen molar-refractivity contribution in [2.75, 3.05) is 0 Å². The molecule has 0 saturated carbocycles. The third kappa shape index (κ3) is 3.76. The highest BCUT2D eigenvalue weighted by Gasteiger charge is 2.15. The van der Waals surface area contributed by atoms with Gasteiger partial charge in [0.25, 0.3) is 0 Å². The first-order valence-corrected chi connectivity index (χ1v) is 7.70. The van der Waals surface area contributed by atoms with Crippen molar-refractivity contribution in [3.05, 3.63) is 90.8 Å². The molecule has 0 amide bonds. The van der Waals surface area contributed by atoms with Crippen molar-refractivity contribution in [1.82, 2.24) is 0 Å². The smallest absolute Gasteiger partial charge is 0.228 e. The predicted molar refractivity (Wildman–Crippen MR) is 96.0 cm³/mol. The summed E-state index contributed by atoms with van der Waals surface area (Å²) >= 11 is 0. The molecule has 1 aromatic heterocycles. The molecule has 3 nitrogen and oxygen atoms in total. The number of Topliss-reactive ketones (excluding diaryl/α,β-unsaturated/α-hetero) is 1. The standard InChI is InChI=1S/C21H16NO.BrH.H2O/c23-21(20-11-5-9-17-7-3-4-10-19(17)20)15-22-13-12-16-6-1-2-8-18(16)14-22;;/h1-14H,15H2;1H;1H2/q+1;;/p-1. The van der Waals surface area contributed by atoms with Gasteiger partial charge in [-0.2, -0.15) is 4.57 Å². The van der Waals surface area contributed by atoms with Gasteiger partial charge in [-0.1, -0.05) is 60.7 Å². The van der Waals surface area contributed by atoms with E-state index in [4.69, 9.17) is 0 Å². The number of fused-ring (bicyclic) bond motifs is 2. The fourth-order valence-corrected chi connectivity index (χ4v) is 3.00. The van der Waals surface area contributed by atoms with Gasteiger partial charge in [0.1, 0.15) is 0 Å². The summed E-state index contributed by atoms with van der Waals surface area (Å²) < 4.78 is 1.95. The summed E-state index contributed by atoms with van der Waals surface area (Å²) in [5.74, 6) is 0.127. The molecule has 4 rings (SSSR count). The van der Waals surface area contributed by atoms with Gasteiger partial charge in [0.05, 0.1) is 0 Å². The van der Waals surface area contributed by atoms with E-state index in [1.54, 1.807) is 0 Å². The second-order valence-electron chi connectivity index (χ2n) is 5.70. The Labute approximate surface area is 156 Å². The summed E-state index contributed by atoms with van der Waals surface area (Å²) in [6, 6.07) is 24.1. The number of benzene rings is 3. The molecule has 0 bridgehead atoms. The molecule has 0 aliphatic rings. The number of halogens is 1. The molecule has 3 aromatic carbocycles. The van der Waals surface area contributed by atoms with Crippen LogP contribution >= 0.6 is 0 Å². The summed E-state index contributed by atoms with van der Waals surface area (Å²) in [7, 11) is 0. The molecule has 2 N–H and O–H groups in total. The van der Waals surface area contributed by atoms with Crippen molar-refractivity contribution in [3.63, 3.8) is 0 Å². The van der Waals surface area contributed by atoms with Crippen molar-refractivity contribution in [2.24, 2.45) is 0 Å². The van der Waals surface area contributed by atoms with Gasteiger partial charge in [0.15, 0.2) is 12.4 Å². The molecule has 0 aliphatic carbocycles. The quantitative estimate of drug-likeness (QED) is 0.364. The molecule has 0 atom stereocenters. The van der Waals surface area contributed by atoms with Crippen LogP contribution in [-0.2, 0) is 6.54 Å². The molecule has 4 aromatic rings. The number of hydrogen-bond acceptors (Lipinski definition) is 1. The summed E-state index contributed by atoms with van der Waals surface area (Å²) in [6.07, 6.45) is 3.99. The molecule has 4 heteroatoms. The third-order valence-electron chi connectivity index (χ3n) is 4.16. The minimum absolute atomic E-state index is 0. The first-order chi connectivity index (χ1) is 11.3. The van der Waals surface area contributed by atoms with Crippen LogP contribution in [0.5, 0.6) is 0 Å². The maximum Gasteiger partial charge on any atom is 0.228 e. The first kappa shape index (κ1) is 18.8. The predicted octanol–water partition coefficient (Wildman–Crippen LogP) is 0.343. The van der Waals surface area contributed by atoms with Gasteiger partial charge in [-0.15, -0.1) is 0 Å². The zero-order valence-electron chi connectivity index (χ0n) is 13.5. The lowest BCUT2D eigenvalue weighted by Crippen LogP contribution is -3.00. The maximum atomic E-state index is 12.7. The molecular formula is C21H18BrNO2. The number of carbonyl (C=O) groups is 1. The highest BCUT2D eigenvalue weighted by molar-refractivity contribution is 6.07. The van der Waals surface area contributed by atoms with E-state index in [9.17, 15) is 4.79 Å². The van der Waals surface area contributed by atoms with Gasteiger partial charge in [-0.25, -0.2) is 0 Å². The van der Waals surface area contributed by atoms with Gasteiger partial charge < -0.3 is 22.5 Å². The van der Waals surface area contributed by atoms with Crippen LogP contribution < -0.4 is 21.5 Å². The zero-order chi connectivity index (χ0) is 15.6. The molecule has 1 heterocycles. The zero-order valence-corrected chi connectivity index (χ0v) is 15.1. The molecule has 0 radical (unpaired) electrons. The summed E-state index contributed by atoms with van der Waals surface area (Å²) in [5, 5.41) is 4.44. The van der Waals surface area contributed by atoms with E-state index in [0.717, 1.165) is 21.7 Å². The highest BCUT2D eigenvalue weighted by atomic mass is 79.9. The van der Waals surface area contributed by atoms with Crippen LogP contribution in [0, 0.1) is 0 Å². The molecule has 0 aliphatic heterocycles. The molecule has 25 heavy (non-hydrogen) atoms. The lowest BCUT2D eigenvalue weighted by atomic mass is 10.0. The number of carbonyl (C=O) groups excluding carboxylic acids is 1. The molecule has 0 unspecified atom stereocenters. The fourth-order valence-electron chi connectivity index (χ4n) is 3.00. The Balaban J connectivity index is 0.00000113. The molecule has 126 valence electrons. The Bertz CT molecular complexity index is 1020. The Kier molecular flexibility index (Phi) is 6.02. The minimum atomic E-state index is 0. The Morgan fingerprint density at radius 3 is 2.20 bits per heavy atom. The van der Waals surface area contributed by atoms with Crippen LogP contribution in [0.3, 0.4) is 0 Å². The molecule has 0 fully saturated rings. The Morgan fingerprint density at radius 2 is 1.40 bits per heavy atom. The van der Waals surface area contributed by atoms with E-state index in [0.29, 0.717) is 6.54 Å². The van der Waals surface area contributed by atoms with E-state index >= 15 is 0 Å². The maximum absolute atomic E-state index is 12.7. The van der Waals surface area contributed by atoms with Crippen molar-refractivity contribution in [2.45, 2.75) is 6.54 Å². The van der Waals surface area contributed by atoms with E-state index in [1.807, 2.05) is 77.6 Å². The van der Waals surface area contributed by atoms with Gasteiger partial charge >= 0.3 is 0 Å². The fraction of sp³-hybridized carbons (Fsp3) is 0.0476. The lowest BCUT2D eigenvalue weighted by Gasteiger charge is -2.04. The third-order valence-corrected chi connectivity index (χ3v) is 4.16. The number of pyridine rings is 1. The molecule has 0 saturated heterocycles. The van der Waals surface area contributed by atoms with Crippen molar-refractivity contribution >= 4 is 27.3 Å². The summed E-state index contributed by atoms with van der Waals surface area (Å²) in [4.78, 5) is 12.7. The first-order valence-electron chi connectivity index (χ1n) is 7.70. The van der Waals surface area contributed by atoms with Crippen LogP contribution in [0.1, 0.15) is 10.4 Å². The van der Waals surface area contributed by atoms with Crippen molar-refractivity contribution < 1.29 is 31.8 Å². The van der Waals surface area contributed by atoms with Crippen LogP contribution in [0.2, 0.25) is 0 Å². The van der Waals surface area contributed by atoms with Gasteiger partial charge in [0, 0.05) is 17.0 Å². The van der Waals surface area contributed by atoms with Gasteiger partial charge in [-0.3, -0.25) is 4.79 Å². The minimum Gasteiger partial charge on any atom is -1.00 e. The van der Waals surface area contributed by atoms with Gasteiger partial charge in [-0.05, 0) is 22.2 Å². The molecule has 0 spiro atoms. The molecular weight excluding hydrogens is 378 g/mol. The number of nitrogens with zero attached hydrogens (tertiary/aromatic N) is 1. The van der Waals surface area contributed by atoms with Crippen molar-refractivity contribution in [3.8, 4) is 0 Å². The SMILES string of the molecule is O.O=C(C[n+]1ccc2ccccc2c1)c1cccc2ccccc12.[Br-]. The van der Waals surface area contributed by atoms with E-state index in [1.165, 1.54) is 5.39 Å². The van der Waals surface area contributed by atoms with E-state index in [2.05, 4.69) is 12.1 Å². The van der Waals surface area contributed by atoms with Gasteiger partial charge in [0.2, 0.25) is 12.3 Å². The monoisotopic (exact) mass is 395 g/mol. The second-order valence-corrected chi connectivity index (χ2v) is 5.70. The van der Waals surface area contributed by atoms with Crippen LogP contribution in [0.4, 0.5) is 0 Å². The van der Waals surface area contributed by atoms with Crippen molar-refractivity contribution in [1.29, 1.82) is 0 Å². The normalized spacial score (nSPS) is 10.1. The Morgan fingerprint density at radius 1 is 0.760 bits per heavy atom. The largest absolute Gasteiger partial charge is 1.00 e. The topological polar surface area (TPSA) is 52.5 Å². The Hall–Kier alpha value is -2.56. The van der Waals surface area contributed by atoms with Crippen LogP contribution in [-0.4, -0.2) is 11.3 Å². The van der Waals surface area contributed by atoms with E-state index < -0.39 is 0 Å². The van der Waals surface area contributed by atoms with E-state index in [-0.39, 0.29) is 28.2 Å². The lowest BCUT2D eigenvalue weighted by molar-refractivity contribution is -0.681. The van der Waals surface area contributed by atoms with Crippen LogP contribution in [0.25, 0.3) is 21.5 Å². The van der Waals surface area contributed by atoms with Crippen LogP contribution in [0.15, 0.2) is 85.2 Å². The highest BCUT2D eigenvalue weighted by Crippen LogP contribution is 2.19. The number of aromatic nitrogens is 1.